The maximum absolute atomic E-state index is 8.41. The highest BCUT2D eigenvalue weighted by atomic mass is 14.2. The molecule has 1 heteroatoms. The Bertz CT molecular complexity index is 174. The SMILES string of the molecule is C[C@@H]1CCCC/C1=C\C#N. The zero-order valence-electron chi connectivity index (χ0n) is 6.43. The number of nitrogens with zero attached hydrogens (tertiary/aromatic N) is 1. The average molecular weight is 135 g/mol. The van der Waals surface area contributed by atoms with Crippen LogP contribution in [-0.4, -0.2) is 0 Å². The van der Waals surface area contributed by atoms with Gasteiger partial charge in [0.15, 0.2) is 0 Å². The zero-order valence-corrected chi connectivity index (χ0v) is 6.43. The maximum Gasteiger partial charge on any atom is 0.0911 e. The van der Waals surface area contributed by atoms with Gasteiger partial charge in [-0.15, -0.1) is 0 Å². The third-order valence-corrected chi connectivity index (χ3v) is 2.24. The van der Waals surface area contributed by atoms with Gasteiger partial charge in [-0.2, -0.15) is 5.26 Å². The molecule has 0 radical (unpaired) electrons. The van der Waals surface area contributed by atoms with E-state index in [1.807, 2.05) is 0 Å². The topological polar surface area (TPSA) is 23.8 Å². The lowest BCUT2D eigenvalue weighted by Crippen LogP contribution is -2.05. The minimum atomic E-state index is 0.661. The van der Waals surface area contributed by atoms with Crippen molar-refractivity contribution < 1.29 is 0 Å². The molecule has 0 saturated heterocycles. The van der Waals surface area contributed by atoms with Crippen LogP contribution < -0.4 is 0 Å². The van der Waals surface area contributed by atoms with Gasteiger partial charge in [-0.25, -0.2) is 0 Å². The highest BCUT2D eigenvalue weighted by Gasteiger charge is 2.12. The molecule has 0 aliphatic heterocycles. The minimum Gasteiger partial charge on any atom is -0.193 e. The second kappa shape index (κ2) is 3.41. The first kappa shape index (κ1) is 7.34. The van der Waals surface area contributed by atoms with Crippen molar-refractivity contribution in [3.05, 3.63) is 11.6 Å². The summed E-state index contributed by atoms with van der Waals surface area (Å²) in [5.74, 6) is 0.661. The number of hydrogen-bond acceptors (Lipinski definition) is 1. The molecule has 54 valence electrons. The Morgan fingerprint density at radius 2 is 2.40 bits per heavy atom. The fourth-order valence-corrected chi connectivity index (χ4v) is 1.51. The Morgan fingerprint density at radius 1 is 1.60 bits per heavy atom. The van der Waals surface area contributed by atoms with E-state index in [4.69, 9.17) is 5.26 Å². The van der Waals surface area contributed by atoms with Gasteiger partial charge in [0.1, 0.15) is 0 Å². The summed E-state index contributed by atoms with van der Waals surface area (Å²) in [5, 5.41) is 8.41. The van der Waals surface area contributed by atoms with Crippen molar-refractivity contribution >= 4 is 0 Å². The first-order chi connectivity index (χ1) is 4.84. The van der Waals surface area contributed by atoms with Crippen LogP contribution in [0.3, 0.4) is 0 Å². The van der Waals surface area contributed by atoms with Gasteiger partial charge in [0.05, 0.1) is 6.07 Å². The summed E-state index contributed by atoms with van der Waals surface area (Å²) in [6.07, 6.45) is 6.76. The molecule has 1 aliphatic carbocycles. The second-order valence-electron chi connectivity index (χ2n) is 3.00. The summed E-state index contributed by atoms with van der Waals surface area (Å²) in [7, 11) is 0. The molecular formula is C9H13N. The normalized spacial score (nSPS) is 30.0. The molecule has 1 nitrogen and oxygen atoms in total. The molecule has 1 rings (SSSR count). The fourth-order valence-electron chi connectivity index (χ4n) is 1.51. The smallest absolute Gasteiger partial charge is 0.0911 e. The first-order valence-electron chi connectivity index (χ1n) is 3.93. The van der Waals surface area contributed by atoms with Crippen molar-refractivity contribution in [1.29, 1.82) is 5.26 Å². The standard InChI is InChI=1S/C9H13N/c1-8-4-2-3-5-9(8)6-7-10/h6,8H,2-5H2,1H3/b9-6+/t8-/m1/s1. The van der Waals surface area contributed by atoms with Crippen molar-refractivity contribution in [3.63, 3.8) is 0 Å². The lowest BCUT2D eigenvalue weighted by Gasteiger charge is -2.20. The van der Waals surface area contributed by atoms with Crippen molar-refractivity contribution in [2.45, 2.75) is 32.6 Å². The largest absolute Gasteiger partial charge is 0.193 e. The van der Waals surface area contributed by atoms with Crippen LogP contribution in [0, 0.1) is 17.2 Å². The molecule has 0 amide bonds. The number of allylic oxidation sites excluding steroid dienone is 2. The van der Waals surface area contributed by atoms with Gasteiger partial charge in [-0.1, -0.05) is 18.9 Å². The zero-order chi connectivity index (χ0) is 7.40. The van der Waals surface area contributed by atoms with Crippen LogP contribution in [0.25, 0.3) is 0 Å². The van der Waals surface area contributed by atoms with E-state index in [-0.39, 0.29) is 0 Å². The van der Waals surface area contributed by atoms with Crippen LogP contribution >= 0.6 is 0 Å². The number of rotatable bonds is 0. The van der Waals surface area contributed by atoms with Crippen molar-refractivity contribution in [3.8, 4) is 6.07 Å². The van der Waals surface area contributed by atoms with Crippen LogP contribution in [0.15, 0.2) is 11.6 Å². The van der Waals surface area contributed by atoms with Gasteiger partial charge in [-0.05, 0) is 25.2 Å². The highest BCUT2D eigenvalue weighted by Crippen LogP contribution is 2.28. The van der Waals surface area contributed by atoms with E-state index in [1.165, 1.54) is 24.8 Å². The van der Waals surface area contributed by atoms with E-state index in [1.54, 1.807) is 6.08 Å². The molecule has 0 bridgehead atoms. The summed E-state index contributed by atoms with van der Waals surface area (Å²) < 4.78 is 0. The highest BCUT2D eigenvalue weighted by molar-refractivity contribution is 5.16. The molecule has 0 aromatic heterocycles. The van der Waals surface area contributed by atoms with Gasteiger partial charge in [0.25, 0.3) is 0 Å². The number of nitriles is 1. The Hall–Kier alpha value is -0.770. The summed E-state index contributed by atoms with van der Waals surface area (Å²) in [5.41, 5.74) is 1.36. The predicted octanol–water partition coefficient (Wildman–Crippen LogP) is 2.65. The third-order valence-electron chi connectivity index (χ3n) is 2.24. The fraction of sp³-hybridized carbons (Fsp3) is 0.667. The molecule has 1 atom stereocenters. The van der Waals surface area contributed by atoms with Crippen molar-refractivity contribution in [2.75, 3.05) is 0 Å². The average Bonchev–Trinajstić information content (AvgIpc) is 1.94. The molecule has 0 N–H and O–H groups in total. The molecule has 0 unspecified atom stereocenters. The lowest BCUT2D eigenvalue weighted by atomic mass is 9.85. The van der Waals surface area contributed by atoms with Gasteiger partial charge >= 0.3 is 0 Å². The predicted molar refractivity (Wildman–Crippen MR) is 41.3 cm³/mol. The quantitative estimate of drug-likeness (QED) is 0.468. The van der Waals surface area contributed by atoms with Crippen LogP contribution in [0.2, 0.25) is 0 Å². The summed E-state index contributed by atoms with van der Waals surface area (Å²) in [6, 6.07) is 2.11. The van der Waals surface area contributed by atoms with E-state index in [2.05, 4.69) is 13.0 Å². The van der Waals surface area contributed by atoms with Gasteiger partial charge < -0.3 is 0 Å². The molecule has 1 fully saturated rings. The van der Waals surface area contributed by atoms with E-state index in [0.717, 1.165) is 6.42 Å². The number of hydrogen-bond donors (Lipinski definition) is 0. The van der Waals surface area contributed by atoms with Gasteiger partial charge in [-0.3, -0.25) is 0 Å². The second-order valence-corrected chi connectivity index (χ2v) is 3.00. The summed E-state index contributed by atoms with van der Waals surface area (Å²) in [6.45, 7) is 2.21. The Balaban J connectivity index is 2.58. The molecule has 10 heavy (non-hydrogen) atoms. The first-order valence-corrected chi connectivity index (χ1v) is 3.93. The van der Waals surface area contributed by atoms with Crippen LogP contribution in [0.4, 0.5) is 0 Å². The molecule has 0 spiro atoms. The van der Waals surface area contributed by atoms with E-state index in [9.17, 15) is 0 Å². The third kappa shape index (κ3) is 1.60. The molecule has 1 aliphatic rings. The monoisotopic (exact) mass is 135 g/mol. The summed E-state index contributed by atoms with van der Waals surface area (Å²) in [4.78, 5) is 0. The Labute approximate surface area is 62.4 Å². The maximum atomic E-state index is 8.41. The van der Waals surface area contributed by atoms with Gasteiger partial charge in [0, 0.05) is 6.08 Å². The van der Waals surface area contributed by atoms with Gasteiger partial charge in [0.2, 0.25) is 0 Å². The van der Waals surface area contributed by atoms with Crippen LogP contribution in [0.5, 0.6) is 0 Å². The van der Waals surface area contributed by atoms with Crippen molar-refractivity contribution in [1.82, 2.24) is 0 Å². The lowest BCUT2D eigenvalue weighted by molar-refractivity contribution is 0.484. The van der Waals surface area contributed by atoms with E-state index in [0.29, 0.717) is 5.92 Å². The van der Waals surface area contributed by atoms with Crippen LogP contribution in [0.1, 0.15) is 32.6 Å². The molecule has 0 heterocycles. The van der Waals surface area contributed by atoms with Crippen LogP contribution in [-0.2, 0) is 0 Å². The summed E-state index contributed by atoms with van der Waals surface area (Å²) >= 11 is 0. The molecule has 0 aromatic rings. The minimum absolute atomic E-state index is 0.661. The molecule has 1 saturated carbocycles. The molecule has 0 aromatic carbocycles. The Morgan fingerprint density at radius 3 is 3.00 bits per heavy atom. The molecular weight excluding hydrogens is 122 g/mol. The van der Waals surface area contributed by atoms with Crippen molar-refractivity contribution in [2.24, 2.45) is 5.92 Å². The Kier molecular flexibility index (Phi) is 2.50. The van der Waals surface area contributed by atoms with E-state index < -0.39 is 0 Å². The van der Waals surface area contributed by atoms with E-state index >= 15 is 0 Å².